The first-order valence-corrected chi connectivity index (χ1v) is 8.74. The van der Waals surface area contributed by atoms with Gasteiger partial charge in [-0.05, 0) is 5.56 Å². The highest BCUT2D eigenvalue weighted by Crippen LogP contribution is 2.14. The van der Waals surface area contributed by atoms with E-state index in [1.54, 1.807) is 11.3 Å². The minimum absolute atomic E-state index is 0. The predicted molar refractivity (Wildman–Crippen MR) is 97.7 cm³/mol. The maximum Gasteiger partial charge on any atom is 0.222 e. The number of benzene rings is 1. The second-order valence-electron chi connectivity index (χ2n) is 5.57. The van der Waals surface area contributed by atoms with Gasteiger partial charge in [0.1, 0.15) is 0 Å². The summed E-state index contributed by atoms with van der Waals surface area (Å²) in [6, 6.07) is 10.3. The molecular weight excluding hydrogens is 346 g/mol. The molecule has 1 aromatic carbocycles. The van der Waals surface area contributed by atoms with E-state index in [4.69, 9.17) is 4.74 Å². The molecule has 2 heterocycles. The molecule has 1 saturated heterocycles. The summed E-state index contributed by atoms with van der Waals surface area (Å²) in [5, 5.41) is 9.23. The lowest BCUT2D eigenvalue weighted by Crippen LogP contribution is -2.41. The number of carbonyl (C=O) groups is 1. The van der Waals surface area contributed by atoms with Crippen LogP contribution in [0.1, 0.15) is 22.7 Å². The van der Waals surface area contributed by atoms with Crippen molar-refractivity contribution in [3.8, 4) is 0 Å². The first-order chi connectivity index (χ1) is 11.3. The van der Waals surface area contributed by atoms with Gasteiger partial charge >= 0.3 is 0 Å². The number of hydrogen-bond donors (Lipinski definition) is 2. The second-order valence-corrected chi connectivity index (χ2v) is 6.52. The summed E-state index contributed by atoms with van der Waals surface area (Å²) in [6.45, 7) is 2.75. The second kappa shape index (κ2) is 9.74. The third kappa shape index (κ3) is 5.87. The molecule has 0 saturated carbocycles. The zero-order valence-electron chi connectivity index (χ0n) is 13.4. The summed E-state index contributed by atoms with van der Waals surface area (Å²) in [5.74, 6) is 0.0105. The molecule has 0 radical (unpaired) electrons. The van der Waals surface area contributed by atoms with Crippen LogP contribution in [0, 0.1) is 0 Å². The standard InChI is InChI=1S/C17H21N3O2S.ClH/c21-16(9-15-11-18-6-7-22-15)19-10-14-12-23-17(20-14)8-13-4-2-1-3-5-13;/h1-5,12,15,18H,6-11H2,(H,19,21);1H. The zero-order valence-corrected chi connectivity index (χ0v) is 15.0. The van der Waals surface area contributed by atoms with Crippen molar-refractivity contribution in [2.75, 3.05) is 19.7 Å². The Hall–Kier alpha value is -1.47. The van der Waals surface area contributed by atoms with Crippen molar-refractivity contribution < 1.29 is 9.53 Å². The number of thiazole rings is 1. The van der Waals surface area contributed by atoms with E-state index in [9.17, 15) is 4.79 Å². The highest BCUT2D eigenvalue weighted by Gasteiger charge is 2.17. The molecule has 1 fully saturated rings. The largest absolute Gasteiger partial charge is 0.375 e. The number of halogens is 1. The number of ether oxygens (including phenoxy) is 1. The Bertz CT molecular complexity index is 630. The van der Waals surface area contributed by atoms with E-state index < -0.39 is 0 Å². The number of morpholine rings is 1. The lowest BCUT2D eigenvalue weighted by Gasteiger charge is -2.22. The smallest absolute Gasteiger partial charge is 0.222 e. The van der Waals surface area contributed by atoms with Crippen LogP contribution in [0.3, 0.4) is 0 Å². The molecule has 1 unspecified atom stereocenters. The number of nitrogens with one attached hydrogen (secondary N) is 2. The van der Waals surface area contributed by atoms with Gasteiger partial charge in [0, 0.05) is 24.9 Å². The Kier molecular flexibility index (Phi) is 7.65. The molecule has 0 spiro atoms. The molecule has 2 N–H and O–H groups in total. The van der Waals surface area contributed by atoms with Crippen LogP contribution in [0.2, 0.25) is 0 Å². The van der Waals surface area contributed by atoms with Gasteiger partial charge < -0.3 is 15.4 Å². The Morgan fingerprint density at radius 2 is 2.21 bits per heavy atom. The third-order valence-electron chi connectivity index (χ3n) is 3.68. The van der Waals surface area contributed by atoms with Crippen LogP contribution in [0.15, 0.2) is 35.7 Å². The molecule has 1 aliphatic heterocycles. The molecule has 130 valence electrons. The molecule has 1 amide bonds. The Morgan fingerprint density at radius 1 is 1.38 bits per heavy atom. The summed E-state index contributed by atoms with van der Waals surface area (Å²) < 4.78 is 5.53. The van der Waals surface area contributed by atoms with Gasteiger partial charge in [-0.25, -0.2) is 4.98 Å². The fourth-order valence-corrected chi connectivity index (χ4v) is 3.33. The van der Waals surface area contributed by atoms with Crippen molar-refractivity contribution >= 4 is 29.7 Å². The number of amides is 1. The van der Waals surface area contributed by atoms with E-state index in [-0.39, 0.29) is 24.4 Å². The van der Waals surface area contributed by atoms with Crippen LogP contribution in [0.5, 0.6) is 0 Å². The summed E-state index contributed by atoms with van der Waals surface area (Å²) in [6.07, 6.45) is 1.21. The fraction of sp³-hybridized carbons (Fsp3) is 0.412. The minimum atomic E-state index is -0.0205. The van der Waals surface area contributed by atoms with Crippen molar-refractivity contribution in [2.45, 2.75) is 25.5 Å². The highest BCUT2D eigenvalue weighted by atomic mass is 35.5. The predicted octanol–water partition coefficient (Wildman–Crippen LogP) is 2.15. The fourth-order valence-electron chi connectivity index (χ4n) is 2.50. The van der Waals surface area contributed by atoms with Crippen LogP contribution in [0.25, 0.3) is 0 Å². The maximum absolute atomic E-state index is 11.9. The Labute approximate surface area is 152 Å². The van der Waals surface area contributed by atoms with Gasteiger partial charge in [0.05, 0.1) is 36.4 Å². The Balaban J connectivity index is 0.00000208. The van der Waals surface area contributed by atoms with Gasteiger partial charge in [-0.1, -0.05) is 30.3 Å². The quantitative estimate of drug-likeness (QED) is 0.821. The van der Waals surface area contributed by atoms with E-state index >= 15 is 0 Å². The first kappa shape index (κ1) is 18.9. The molecule has 5 nitrogen and oxygen atoms in total. The van der Waals surface area contributed by atoms with Crippen molar-refractivity contribution in [3.63, 3.8) is 0 Å². The number of aromatic nitrogens is 1. The molecule has 2 aromatic rings. The molecule has 0 aliphatic carbocycles. The summed E-state index contributed by atoms with van der Waals surface area (Å²) >= 11 is 1.63. The maximum atomic E-state index is 11.9. The lowest BCUT2D eigenvalue weighted by molar-refractivity contribution is -0.124. The average Bonchev–Trinajstić information content (AvgIpc) is 3.02. The molecule has 1 atom stereocenters. The van der Waals surface area contributed by atoms with Gasteiger partial charge in [0.25, 0.3) is 0 Å². The summed E-state index contributed by atoms with van der Waals surface area (Å²) in [5.41, 5.74) is 2.16. The molecule has 0 bridgehead atoms. The molecule has 1 aliphatic rings. The number of nitrogens with zero attached hydrogens (tertiary/aromatic N) is 1. The number of rotatable bonds is 6. The summed E-state index contributed by atoms with van der Waals surface area (Å²) in [7, 11) is 0. The van der Waals surface area contributed by atoms with Gasteiger partial charge in [-0.2, -0.15) is 0 Å². The van der Waals surface area contributed by atoms with Crippen molar-refractivity contribution in [1.82, 2.24) is 15.6 Å². The average molecular weight is 368 g/mol. The van der Waals surface area contributed by atoms with Crippen LogP contribution < -0.4 is 10.6 Å². The van der Waals surface area contributed by atoms with Crippen molar-refractivity contribution in [3.05, 3.63) is 52.0 Å². The SMILES string of the molecule is Cl.O=C(CC1CNCCO1)NCc1csc(Cc2ccccc2)n1. The van der Waals surface area contributed by atoms with Gasteiger partial charge in [-0.15, -0.1) is 23.7 Å². The highest BCUT2D eigenvalue weighted by molar-refractivity contribution is 7.09. The zero-order chi connectivity index (χ0) is 15.9. The molecule has 7 heteroatoms. The molecular formula is C17H22ClN3O2S. The van der Waals surface area contributed by atoms with Crippen LogP contribution in [0.4, 0.5) is 0 Å². The number of hydrogen-bond acceptors (Lipinski definition) is 5. The molecule has 24 heavy (non-hydrogen) atoms. The van der Waals surface area contributed by atoms with E-state index in [0.29, 0.717) is 19.6 Å². The molecule has 1 aromatic heterocycles. The van der Waals surface area contributed by atoms with E-state index in [1.165, 1.54) is 5.56 Å². The molecule has 3 rings (SSSR count). The normalized spacial score (nSPS) is 17.1. The first-order valence-electron chi connectivity index (χ1n) is 7.86. The van der Waals surface area contributed by atoms with Gasteiger partial charge in [-0.3, -0.25) is 4.79 Å². The number of carbonyl (C=O) groups excluding carboxylic acids is 1. The lowest BCUT2D eigenvalue weighted by atomic mass is 10.2. The Morgan fingerprint density at radius 3 is 2.96 bits per heavy atom. The van der Waals surface area contributed by atoms with E-state index in [1.807, 2.05) is 23.6 Å². The minimum Gasteiger partial charge on any atom is -0.375 e. The van der Waals surface area contributed by atoms with Crippen LogP contribution in [-0.2, 0) is 22.5 Å². The van der Waals surface area contributed by atoms with Gasteiger partial charge in [0.15, 0.2) is 0 Å². The van der Waals surface area contributed by atoms with Crippen molar-refractivity contribution in [2.24, 2.45) is 0 Å². The van der Waals surface area contributed by atoms with Gasteiger partial charge in [0.2, 0.25) is 5.91 Å². The summed E-state index contributed by atoms with van der Waals surface area (Å²) in [4.78, 5) is 16.5. The van der Waals surface area contributed by atoms with Crippen molar-refractivity contribution in [1.29, 1.82) is 0 Å². The van der Waals surface area contributed by atoms with E-state index in [0.717, 1.165) is 30.2 Å². The third-order valence-corrected chi connectivity index (χ3v) is 4.58. The van der Waals surface area contributed by atoms with Crippen LogP contribution >= 0.6 is 23.7 Å². The van der Waals surface area contributed by atoms with Crippen LogP contribution in [-0.4, -0.2) is 36.7 Å². The monoisotopic (exact) mass is 367 g/mol. The topological polar surface area (TPSA) is 63.2 Å². The van der Waals surface area contributed by atoms with E-state index in [2.05, 4.69) is 27.8 Å².